The van der Waals surface area contributed by atoms with Gasteiger partial charge in [-0.2, -0.15) is 0 Å². The van der Waals surface area contributed by atoms with E-state index < -0.39 is 0 Å². The molecule has 0 aromatic heterocycles. The van der Waals surface area contributed by atoms with Crippen molar-refractivity contribution in [1.29, 1.82) is 0 Å². The molecule has 14 heavy (non-hydrogen) atoms. The number of rotatable bonds is 1. The monoisotopic (exact) mass is 209 g/mol. The summed E-state index contributed by atoms with van der Waals surface area (Å²) in [6.45, 7) is 0. The van der Waals surface area contributed by atoms with Gasteiger partial charge >= 0.3 is 5.17 Å². The normalized spacial score (nSPS) is 9.71. The molecule has 1 aromatic rings. The molecule has 0 saturated heterocycles. The minimum absolute atomic E-state index is 1.21. The van der Waals surface area contributed by atoms with E-state index in [0.29, 0.717) is 0 Å². The first-order valence-electron chi connectivity index (χ1n) is 4.54. The van der Waals surface area contributed by atoms with E-state index in [4.69, 9.17) is 0 Å². The van der Waals surface area contributed by atoms with Gasteiger partial charge in [0.15, 0.2) is 0 Å². The maximum Gasteiger partial charge on any atom is 0.312 e. The van der Waals surface area contributed by atoms with Crippen LogP contribution < -0.4 is 4.90 Å². The SMILES string of the molecule is CSC(N(C)c1ccccc1)=[N+](C)C. The minimum atomic E-state index is 1.21. The second-order valence-electron chi connectivity index (χ2n) is 3.28. The van der Waals surface area contributed by atoms with Crippen molar-refractivity contribution >= 4 is 22.6 Å². The number of nitrogens with zero attached hydrogens (tertiary/aromatic N) is 2. The minimum Gasteiger partial charge on any atom is -0.261 e. The molecule has 1 aromatic carbocycles. The average molecular weight is 209 g/mol. The lowest BCUT2D eigenvalue weighted by molar-refractivity contribution is -0.462. The number of hydrogen-bond acceptors (Lipinski definition) is 1. The predicted molar refractivity (Wildman–Crippen MR) is 65.5 cm³/mol. The van der Waals surface area contributed by atoms with Crippen LogP contribution in [0.2, 0.25) is 0 Å². The quantitative estimate of drug-likeness (QED) is 0.397. The molecule has 0 radical (unpaired) electrons. The Bertz CT molecular complexity index is 315. The fourth-order valence-corrected chi connectivity index (χ4v) is 2.13. The second-order valence-corrected chi connectivity index (χ2v) is 4.05. The van der Waals surface area contributed by atoms with E-state index in [9.17, 15) is 0 Å². The van der Waals surface area contributed by atoms with Crippen LogP contribution >= 0.6 is 11.8 Å². The summed E-state index contributed by atoms with van der Waals surface area (Å²) in [5.41, 5.74) is 1.21. The molecule has 2 nitrogen and oxygen atoms in total. The zero-order valence-corrected chi connectivity index (χ0v) is 10.0. The summed E-state index contributed by atoms with van der Waals surface area (Å²) in [4.78, 5) is 2.19. The molecule has 0 saturated carbocycles. The van der Waals surface area contributed by atoms with E-state index in [2.05, 4.69) is 61.1 Å². The van der Waals surface area contributed by atoms with Crippen molar-refractivity contribution < 1.29 is 4.58 Å². The van der Waals surface area contributed by atoms with E-state index >= 15 is 0 Å². The number of anilines is 1. The molecule has 76 valence electrons. The van der Waals surface area contributed by atoms with Gasteiger partial charge in [-0.25, -0.2) is 4.90 Å². The maximum absolute atomic E-state index is 2.19. The standard InChI is InChI=1S/C11H17N2S/c1-12(2)11(14-4)13(3)10-8-6-5-7-9-10/h5-9H,1-4H3/q+1. The van der Waals surface area contributed by atoms with Crippen LogP contribution in [0.25, 0.3) is 0 Å². The fraction of sp³-hybridized carbons (Fsp3) is 0.364. The Morgan fingerprint density at radius 1 is 1.21 bits per heavy atom. The van der Waals surface area contributed by atoms with Crippen molar-refractivity contribution in [2.75, 3.05) is 32.3 Å². The third kappa shape index (κ3) is 2.51. The molecule has 1 rings (SSSR count). The largest absolute Gasteiger partial charge is 0.312 e. The zero-order valence-electron chi connectivity index (χ0n) is 9.19. The van der Waals surface area contributed by atoms with Gasteiger partial charge in [-0.1, -0.05) is 18.2 Å². The summed E-state index contributed by atoms with van der Waals surface area (Å²) in [7, 11) is 6.21. The third-order valence-electron chi connectivity index (χ3n) is 2.00. The van der Waals surface area contributed by atoms with Gasteiger partial charge in [0.05, 0.1) is 21.1 Å². The highest BCUT2D eigenvalue weighted by molar-refractivity contribution is 8.13. The molecule has 0 aliphatic rings. The Morgan fingerprint density at radius 2 is 1.79 bits per heavy atom. The molecule has 0 fully saturated rings. The Labute approximate surface area is 90.2 Å². The van der Waals surface area contributed by atoms with Gasteiger partial charge in [0.2, 0.25) is 0 Å². The number of hydrogen-bond donors (Lipinski definition) is 0. The first-order chi connectivity index (χ1) is 6.66. The highest BCUT2D eigenvalue weighted by atomic mass is 32.2. The Morgan fingerprint density at radius 3 is 2.21 bits per heavy atom. The van der Waals surface area contributed by atoms with Crippen LogP contribution in [-0.2, 0) is 0 Å². The van der Waals surface area contributed by atoms with Gasteiger partial charge < -0.3 is 0 Å². The van der Waals surface area contributed by atoms with Crippen LogP contribution in [0, 0.1) is 0 Å². The van der Waals surface area contributed by atoms with Gasteiger partial charge in [-0.3, -0.25) is 4.58 Å². The first-order valence-corrected chi connectivity index (χ1v) is 5.76. The van der Waals surface area contributed by atoms with Crippen molar-refractivity contribution in [3.05, 3.63) is 30.3 Å². The van der Waals surface area contributed by atoms with Crippen molar-refractivity contribution in [2.45, 2.75) is 0 Å². The highest BCUT2D eigenvalue weighted by Gasteiger charge is 2.16. The highest BCUT2D eigenvalue weighted by Crippen LogP contribution is 2.15. The van der Waals surface area contributed by atoms with Gasteiger partial charge in [-0.05, 0) is 30.2 Å². The maximum atomic E-state index is 2.19. The summed E-state index contributed by atoms with van der Waals surface area (Å²) < 4.78 is 2.12. The topological polar surface area (TPSA) is 6.25 Å². The molecular weight excluding hydrogens is 192 g/mol. The van der Waals surface area contributed by atoms with Crippen LogP contribution in [0.15, 0.2) is 30.3 Å². The van der Waals surface area contributed by atoms with Crippen molar-refractivity contribution in [2.24, 2.45) is 0 Å². The van der Waals surface area contributed by atoms with Gasteiger partial charge in [0, 0.05) is 0 Å². The smallest absolute Gasteiger partial charge is 0.261 e. The van der Waals surface area contributed by atoms with Gasteiger partial charge in [0.1, 0.15) is 5.69 Å². The molecule has 0 heterocycles. The van der Waals surface area contributed by atoms with E-state index in [1.165, 1.54) is 10.9 Å². The molecule has 3 heteroatoms. The molecule has 0 amide bonds. The fourth-order valence-electron chi connectivity index (χ4n) is 1.38. The molecular formula is C11H17N2S+. The molecule has 0 unspecified atom stereocenters. The molecule has 0 spiro atoms. The van der Waals surface area contributed by atoms with Crippen LogP contribution in [-0.4, -0.2) is 37.1 Å². The Hall–Kier alpha value is -0.960. The second kappa shape index (κ2) is 5.05. The molecule has 0 N–H and O–H groups in total. The Balaban J connectivity index is 2.96. The molecule has 0 aliphatic heterocycles. The van der Waals surface area contributed by atoms with Gasteiger partial charge in [0.25, 0.3) is 0 Å². The zero-order chi connectivity index (χ0) is 10.6. The number of para-hydroxylation sites is 1. The lowest BCUT2D eigenvalue weighted by Crippen LogP contribution is -2.29. The summed E-state index contributed by atoms with van der Waals surface area (Å²) in [5.74, 6) is 0. The number of benzene rings is 1. The van der Waals surface area contributed by atoms with Crippen molar-refractivity contribution in [1.82, 2.24) is 0 Å². The van der Waals surface area contributed by atoms with Crippen LogP contribution in [0.4, 0.5) is 5.69 Å². The number of thioether (sulfide) groups is 1. The predicted octanol–water partition coefficient (Wildman–Crippen LogP) is 2.11. The lowest BCUT2D eigenvalue weighted by atomic mass is 10.3. The van der Waals surface area contributed by atoms with Crippen LogP contribution in [0.5, 0.6) is 0 Å². The van der Waals surface area contributed by atoms with Crippen molar-refractivity contribution in [3.63, 3.8) is 0 Å². The third-order valence-corrected chi connectivity index (χ3v) is 3.00. The molecule has 0 bridgehead atoms. The lowest BCUT2D eigenvalue weighted by Gasteiger charge is -2.13. The van der Waals surface area contributed by atoms with E-state index in [1.807, 2.05) is 6.07 Å². The van der Waals surface area contributed by atoms with E-state index in [-0.39, 0.29) is 0 Å². The first kappa shape index (κ1) is 11.1. The summed E-state index contributed by atoms with van der Waals surface area (Å²) in [6, 6.07) is 10.4. The Kier molecular flexibility index (Phi) is 4.01. The van der Waals surface area contributed by atoms with E-state index in [0.717, 1.165) is 0 Å². The van der Waals surface area contributed by atoms with Crippen molar-refractivity contribution in [3.8, 4) is 0 Å². The van der Waals surface area contributed by atoms with Gasteiger partial charge in [-0.15, -0.1) is 0 Å². The van der Waals surface area contributed by atoms with Crippen LogP contribution in [0.1, 0.15) is 0 Å². The summed E-state index contributed by atoms with van der Waals surface area (Å²) in [6.07, 6.45) is 2.09. The summed E-state index contributed by atoms with van der Waals surface area (Å²) in [5, 5.41) is 1.23. The number of amidine groups is 1. The van der Waals surface area contributed by atoms with E-state index in [1.54, 1.807) is 11.8 Å². The average Bonchev–Trinajstić information content (AvgIpc) is 2.19. The molecule has 0 aliphatic carbocycles. The summed E-state index contributed by atoms with van der Waals surface area (Å²) >= 11 is 1.75. The molecule has 0 atom stereocenters. The van der Waals surface area contributed by atoms with Crippen LogP contribution in [0.3, 0.4) is 0 Å².